The van der Waals surface area contributed by atoms with Crippen LogP contribution in [0.2, 0.25) is 0 Å². The maximum atomic E-state index is 12.6. The first-order valence-corrected chi connectivity index (χ1v) is 9.01. The van der Waals surface area contributed by atoms with Crippen LogP contribution in [-0.2, 0) is 10.4 Å². The Morgan fingerprint density at radius 1 is 1.04 bits per heavy atom. The van der Waals surface area contributed by atoms with Crippen molar-refractivity contribution in [3.05, 3.63) is 60.2 Å². The number of hydrogen-bond acceptors (Lipinski definition) is 6. The highest BCUT2D eigenvalue weighted by molar-refractivity contribution is 7.81. The lowest BCUT2D eigenvalue weighted by molar-refractivity contribution is 0.102. The Balaban J connectivity index is 1.90. The molecular weight excluding hydrogens is 374 g/mol. The molecule has 0 spiro atoms. The summed E-state index contributed by atoms with van der Waals surface area (Å²) < 4.78 is 39.8. The molecule has 0 bridgehead atoms. The summed E-state index contributed by atoms with van der Waals surface area (Å²) in [6.45, 7) is 0. The number of anilines is 1. The van der Waals surface area contributed by atoms with Gasteiger partial charge in [-0.3, -0.25) is 9.35 Å². The number of nitrogens with one attached hydrogen (secondary N) is 1. The van der Waals surface area contributed by atoms with Gasteiger partial charge in [0.1, 0.15) is 17.2 Å². The van der Waals surface area contributed by atoms with Crippen molar-refractivity contribution in [3.8, 4) is 17.2 Å². The van der Waals surface area contributed by atoms with Gasteiger partial charge in [0, 0.05) is 6.07 Å². The van der Waals surface area contributed by atoms with Crippen molar-refractivity contribution >= 4 is 32.8 Å². The SMILES string of the molecule is COc1cc(OS(=O)(=O)O)ccc1NC(=O)c1cc2ccccc2cc1O. The van der Waals surface area contributed by atoms with Crippen LogP contribution in [0.25, 0.3) is 10.8 Å². The number of ether oxygens (including phenoxy) is 1. The Kier molecular flexibility index (Phi) is 4.89. The van der Waals surface area contributed by atoms with Gasteiger partial charge in [-0.25, -0.2) is 0 Å². The molecule has 0 radical (unpaired) electrons. The van der Waals surface area contributed by atoms with Gasteiger partial charge in [0.05, 0.1) is 18.4 Å². The summed E-state index contributed by atoms with van der Waals surface area (Å²) in [5.41, 5.74) is 0.284. The van der Waals surface area contributed by atoms with Crippen LogP contribution < -0.4 is 14.2 Å². The molecule has 0 unspecified atom stereocenters. The van der Waals surface area contributed by atoms with E-state index >= 15 is 0 Å². The molecule has 140 valence electrons. The van der Waals surface area contributed by atoms with E-state index in [0.717, 1.165) is 10.8 Å². The van der Waals surface area contributed by atoms with Gasteiger partial charge >= 0.3 is 10.4 Å². The molecule has 0 aliphatic rings. The zero-order chi connectivity index (χ0) is 19.6. The normalized spacial score (nSPS) is 11.2. The number of phenols is 1. The lowest BCUT2D eigenvalue weighted by Crippen LogP contribution is -2.13. The van der Waals surface area contributed by atoms with E-state index in [1.807, 2.05) is 24.3 Å². The summed E-state index contributed by atoms with van der Waals surface area (Å²) in [5.74, 6) is -0.859. The molecule has 3 N–H and O–H groups in total. The average molecular weight is 389 g/mol. The van der Waals surface area contributed by atoms with Crippen molar-refractivity contribution in [2.24, 2.45) is 0 Å². The van der Waals surface area contributed by atoms with E-state index in [1.165, 1.54) is 31.4 Å². The minimum atomic E-state index is -4.68. The highest BCUT2D eigenvalue weighted by Crippen LogP contribution is 2.31. The lowest BCUT2D eigenvalue weighted by Gasteiger charge is -2.13. The Morgan fingerprint density at radius 3 is 2.33 bits per heavy atom. The number of aromatic hydroxyl groups is 1. The summed E-state index contributed by atoms with van der Waals surface area (Å²) in [6, 6.07) is 14.1. The maximum absolute atomic E-state index is 12.6. The Labute approximate surface area is 154 Å². The average Bonchev–Trinajstić information content (AvgIpc) is 2.61. The van der Waals surface area contributed by atoms with Gasteiger partial charge in [-0.15, -0.1) is 0 Å². The van der Waals surface area contributed by atoms with Crippen LogP contribution in [0.15, 0.2) is 54.6 Å². The van der Waals surface area contributed by atoms with Crippen LogP contribution in [0.5, 0.6) is 17.2 Å². The molecule has 0 aliphatic heterocycles. The molecule has 3 rings (SSSR count). The second kappa shape index (κ2) is 7.14. The summed E-state index contributed by atoms with van der Waals surface area (Å²) >= 11 is 0. The van der Waals surface area contributed by atoms with Crippen molar-refractivity contribution in [1.82, 2.24) is 0 Å². The zero-order valence-electron chi connectivity index (χ0n) is 14.0. The number of rotatable bonds is 5. The molecule has 8 nitrogen and oxygen atoms in total. The number of fused-ring (bicyclic) bond motifs is 1. The first-order valence-electron chi connectivity index (χ1n) is 7.65. The third-order valence-electron chi connectivity index (χ3n) is 3.73. The highest BCUT2D eigenvalue weighted by Gasteiger charge is 2.16. The highest BCUT2D eigenvalue weighted by atomic mass is 32.3. The van der Waals surface area contributed by atoms with E-state index in [0.29, 0.717) is 0 Å². The number of carbonyl (C=O) groups excluding carboxylic acids is 1. The summed E-state index contributed by atoms with van der Waals surface area (Å²) in [4.78, 5) is 12.6. The van der Waals surface area contributed by atoms with Gasteiger partial charge in [-0.2, -0.15) is 8.42 Å². The number of phenolic OH excluding ortho intramolecular Hbond substituents is 1. The molecule has 0 atom stereocenters. The van der Waals surface area contributed by atoms with Gasteiger partial charge in [0.15, 0.2) is 0 Å². The largest absolute Gasteiger partial charge is 0.507 e. The quantitative estimate of drug-likeness (QED) is 0.573. The molecule has 1 amide bonds. The number of carbonyl (C=O) groups is 1. The van der Waals surface area contributed by atoms with E-state index < -0.39 is 16.3 Å². The topological polar surface area (TPSA) is 122 Å². The first-order chi connectivity index (χ1) is 12.8. The maximum Gasteiger partial charge on any atom is 0.446 e. The Morgan fingerprint density at radius 2 is 1.70 bits per heavy atom. The third kappa shape index (κ3) is 4.27. The summed E-state index contributed by atoms with van der Waals surface area (Å²) in [6.07, 6.45) is 0. The number of hydrogen-bond donors (Lipinski definition) is 3. The van der Waals surface area contributed by atoms with Gasteiger partial charge in [-0.1, -0.05) is 24.3 Å². The minimum Gasteiger partial charge on any atom is -0.507 e. The number of amides is 1. The minimum absolute atomic E-state index is 0.0639. The van der Waals surface area contributed by atoms with Crippen LogP contribution in [0.3, 0.4) is 0 Å². The summed E-state index contributed by atoms with van der Waals surface area (Å²) in [5, 5.41) is 14.3. The molecule has 0 saturated carbocycles. The molecule has 27 heavy (non-hydrogen) atoms. The van der Waals surface area contributed by atoms with Gasteiger partial charge in [0.25, 0.3) is 5.91 Å². The van der Waals surface area contributed by atoms with Crippen LogP contribution >= 0.6 is 0 Å². The van der Waals surface area contributed by atoms with Crippen molar-refractivity contribution in [3.63, 3.8) is 0 Å². The van der Waals surface area contributed by atoms with Crippen LogP contribution in [0.1, 0.15) is 10.4 Å². The third-order valence-corrected chi connectivity index (χ3v) is 4.13. The zero-order valence-corrected chi connectivity index (χ0v) is 14.9. The second-order valence-corrected chi connectivity index (χ2v) is 6.57. The fraction of sp³-hybridized carbons (Fsp3) is 0.0556. The van der Waals surface area contributed by atoms with Gasteiger partial charge in [-0.05, 0) is 35.0 Å². The van der Waals surface area contributed by atoms with Crippen LogP contribution in [-0.4, -0.2) is 31.1 Å². The summed E-state index contributed by atoms with van der Waals surface area (Å²) in [7, 11) is -3.37. The predicted molar refractivity (Wildman–Crippen MR) is 98.7 cm³/mol. The van der Waals surface area contributed by atoms with Crippen molar-refractivity contribution in [2.45, 2.75) is 0 Å². The first kappa shape index (κ1) is 18.5. The second-order valence-electron chi connectivity index (χ2n) is 5.54. The molecule has 0 fully saturated rings. The Bertz CT molecular complexity index is 1130. The van der Waals surface area contributed by atoms with Crippen molar-refractivity contribution in [2.75, 3.05) is 12.4 Å². The molecular formula is C18H15NO7S. The number of methoxy groups -OCH3 is 1. The molecule has 0 aliphatic carbocycles. The fourth-order valence-corrected chi connectivity index (χ4v) is 2.89. The molecule has 9 heteroatoms. The van der Waals surface area contributed by atoms with E-state index in [2.05, 4.69) is 9.50 Å². The lowest BCUT2D eigenvalue weighted by atomic mass is 10.1. The Hall–Kier alpha value is -3.30. The van der Waals surface area contributed by atoms with Crippen LogP contribution in [0, 0.1) is 0 Å². The van der Waals surface area contributed by atoms with Gasteiger partial charge < -0.3 is 19.3 Å². The predicted octanol–water partition coefficient (Wildman–Crippen LogP) is 2.99. The van der Waals surface area contributed by atoms with E-state index in [4.69, 9.17) is 9.29 Å². The molecule has 0 aromatic heterocycles. The molecule has 3 aromatic rings. The fourth-order valence-electron chi connectivity index (χ4n) is 2.55. The van der Waals surface area contributed by atoms with E-state index in [1.54, 1.807) is 6.07 Å². The van der Waals surface area contributed by atoms with Gasteiger partial charge in [0.2, 0.25) is 0 Å². The van der Waals surface area contributed by atoms with E-state index in [9.17, 15) is 18.3 Å². The monoisotopic (exact) mass is 389 g/mol. The van der Waals surface area contributed by atoms with Crippen molar-refractivity contribution < 1.29 is 31.8 Å². The van der Waals surface area contributed by atoms with E-state index in [-0.39, 0.29) is 28.5 Å². The number of benzene rings is 3. The molecule has 0 heterocycles. The van der Waals surface area contributed by atoms with Crippen molar-refractivity contribution in [1.29, 1.82) is 0 Å². The smallest absolute Gasteiger partial charge is 0.446 e. The van der Waals surface area contributed by atoms with Crippen LogP contribution in [0.4, 0.5) is 5.69 Å². The molecule has 0 saturated heterocycles. The standard InChI is InChI=1S/C18H15NO7S/c1-25-17-10-13(26-27(22,23)24)6-7-15(17)19-18(21)14-8-11-4-2-3-5-12(11)9-16(14)20/h2-10,20H,1H3,(H,19,21)(H,22,23,24). The molecule has 3 aromatic carbocycles.